The second-order valence-electron chi connectivity index (χ2n) is 16.2. The summed E-state index contributed by atoms with van der Waals surface area (Å²) in [5, 5.41) is 16.0. The van der Waals surface area contributed by atoms with E-state index >= 15 is 4.39 Å². The van der Waals surface area contributed by atoms with Crippen molar-refractivity contribution in [2.45, 2.75) is 94.2 Å². The fraction of sp³-hybridized carbons (Fsp3) is 0.564. The number of pyridine rings is 1. The fourth-order valence-electron chi connectivity index (χ4n) is 10.9. The number of rotatable bonds is 7. The van der Waals surface area contributed by atoms with Crippen molar-refractivity contribution in [3.8, 4) is 22.9 Å². The van der Waals surface area contributed by atoms with E-state index in [0.717, 1.165) is 44.2 Å². The summed E-state index contributed by atoms with van der Waals surface area (Å²) in [4.78, 5) is 29.0. The van der Waals surface area contributed by atoms with Gasteiger partial charge in [-0.3, -0.25) is 9.69 Å². The van der Waals surface area contributed by atoms with Crippen LogP contribution < -0.4 is 20.5 Å². The van der Waals surface area contributed by atoms with Crippen LogP contribution >= 0.6 is 0 Å². The van der Waals surface area contributed by atoms with Crippen LogP contribution in [0.3, 0.4) is 0 Å². The zero-order chi connectivity index (χ0) is 34.6. The van der Waals surface area contributed by atoms with E-state index in [0.29, 0.717) is 73.2 Å². The van der Waals surface area contributed by atoms with Crippen molar-refractivity contribution in [2.75, 3.05) is 44.9 Å². The number of methoxy groups -OCH3 is 1. The molecule has 5 atom stereocenters. The number of hydrogen-bond acceptors (Lipinski definition) is 9. The number of phenols is 1. The first-order chi connectivity index (χ1) is 24.7. The minimum Gasteiger partial charge on any atom is -0.508 e. The molecule has 10 rings (SSSR count). The van der Waals surface area contributed by atoms with Gasteiger partial charge in [0.1, 0.15) is 29.6 Å². The summed E-state index contributed by atoms with van der Waals surface area (Å²) < 4.78 is 46.0. The van der Waals surface area contributed by atoms with Crippen molar-refractivity contribution in [1.82, 2.24) is 24.8 Å². The van der Waals surface area contributed by atoms with E-state index in [-0.39, 0.29) is 53.0 Å². The van der Waals surface area contributed by atoms with Gasteiger partial charge in [-0.25, -0.2) is 8.78 Å². The van der Waals surface area contributed by atoms with Gasteiger partial charge in [-0.2, -0.15) is 9.97 Å². The third-order valence-corrected chi connectivity index (χ3v) is 13.2. The van der Waals surface area contributed by atoms with E-state index in [9.17, 15) is 14.3 Å². The van der Waals surface area contributed by atoms with Gasteiger partial charge in [0.25, 0.3) is 5.56 Å². The average molecular weight is 699 g/mol. The van der Waals surface area contributed by atoms with Gasteiger partial charge < -0.3 is 29.4 Å². The predicted octanol–water partition coefficient (Wildman–Crippen LogP) is 5.09. The molecule has 2 aromatic heterocycles. The number of alkyl halides is 1. The number of nitrogens with one attached hydrogen (secondary N) is 1. The Kier molecular flexibility index (Phi) is 7.22. The minimum atomic E-state index is -0.911. The van der Waals surface area contributed by atoms with Gasteiger partial charge in [-0.15, -0.1) is 0 Å². The van der Waals surface area contributed by atoms with Crippen molar-refractivity contribution >= 4 is 27.6 Å². The summed E-state index contributed by atoms with van der Waals surface area (Å²) in [5.41, 5.74) is 0.787. The molecule has 1 saturated carbocycles. The number of aromatic nitrogens is 3. The second kappa shape index (κ2) is 11.6. The van der Waals surface area contributed by atoms with Gasteiger partial charge in [-0.1, -0.05) is 24.6 Å². The van der Waals surface area contributed by atoms with E-state index in [2.05, 4.69) is 15.1 Å². The lowest BCUT2D eigenvalue weighted by molar-refractivity contribution is 0.104. The molecule has 10 nitrogen and oxygen atoms in total. The molecule has 0 radical (unpaired) electrons. The lowest BCUT2D eigenvalue weighted by Crippen LogP contribution is -2.58. The Bertz CT molecular complexity index is 2140. The minimum absolute atomic E-state index is 0.0213. The van der Waals surface area contributed by atoms with Crippen LogP contribution in [0.4, 0.5) is 14.6 Å². The van der Waals surface area contributed by atoms with Crippen LogP contribution in [0.15, 0.2) is 35.1 Å². The Morgan fingerprint density at radius 2 is 2.02 bits per heavy atom. The molecule has 7 heterocycles. The molecule has 4 saturated heterocycles. The highest BCUT2D eigenvalue weighted by molar-refractivity contribution is 6.02. The molecular formula is C39H44F2N6O4. The number of phenolic OH excluding ortho intramolecular Hbond substituents is 1. The van der Waals surface area contributed by atoms with Gasteiger partial charge in [0, 0.05) is 63.4 Å². The van der Waals surface area contributed by atoms with E-state index in [1.807, 2.05) is 18.2 Å². The van der Waals surface area contributed by atoms with Crippen molar-refractivity contribution in [3.05, 3.63) is 52.1 Å². The van der Waals surface area contributed by atoms with Crippen molar-refractivity contribution < 1.29 is 23.4 Å². The number of hydrogen-bond donors (Lipinski definition) is 2. The monoisotopic (exact) mass is 698 g/mol. The number of piperazine rings is 1. The molecule has 4 aromatic rings. The summed E-state index contributed by atoms with van der Waals surface area (Å²) in [7, 11) is 1.63. The molecule has 2 aromatic carbocycles. The maximum Gasteiger partial charge on any atom is 0.319 e. The van der Waals surface area contributed by atoms with Crippen molar-refractivity contribution in [1.29, 1.82) is 0 Å². The summed E-state index contributed by atoms with van der Waals surface area (Å²) in [6, 6.07) is 9.44. The van der Waals surface area contributed by atoms with Crippen LogP contribution in [-0.2, 0) is 17.7 Å². The quantitative estimate of drug-likeness (QED) is 0.273. The summed E-state index contributed by atoms with van der Waals surface area (Å²) in [6.07, 6.45) is 7.21. The third kappa shape index (κ3) is 4.85. The van der Waals surface area contributed by atoms with E-state index in [4.69, 9.17) is 19.4 Å². The van der Waals surface area contributed by atoms with E-state index in [1.165, 1.54) is 12.5 Å². The number of aryl methyl sites for hydroxylation is 1. The first kappa shape index (κ1) is 31.8. The van der Waals surface area contributed by atoms with Gasteiger partial charge in [0.2, 0.25) is 0 Å². The van der Waals surface area contributed by atoms with Crippen LogP contribution in [0, 0.1) is 11.2 Å². The lowest BCUT2D eigenvalue weighted by atomic mass is 9.65. The van der Waals surface area contributed by atoms with E-state index < -0.39 is 23.1 Å². The topological polar surface area (TPSA) is 105 Å². The van der Waals surface area contributed by atoms with Crippen LogP contribution in [0.25, 0.3) is 32.9 Å². The zero-order valence-corrected chi connectivity index (χ0v) is 29.0. The Balaban J connectivity index is 1.15. The maximum atomic E-state index is 17.5. The molecule has 51 heavy (non-hydrogen) atoms. The molecule has 2 bridgehead atoms. The first-order valence-corrected chi connectivity index (χ1v) is 18.7. The number of anilines is 1. The molecule has 1 aliphatic carbocycles. The highest BCUT2D eigenvalue weighted by atomic mass is 19.1. The number of benzene rings is 2. The largest absolute Gasteiger partial charge is 0.508 e. The van der Waals surface area contributed by atoms with Crippen molar-refractivity contribution in [2.24, 2.45) is 5.41 Å². The molecule has 1 spiro atoms. The number of fused-ring (bicyclic) bond motifs is 7. The zero-order valence-electron chi connectivity index (χ0n) is 29.0. The number of nitrogens with zero attached hydrogens (tertiary/aromatic N) is 5. The molecule has 268 valence electrons. The van der Waals surface area contributed by atoms with Crippen molar-refractivity contribution in [3.63, 3.8) is 0 Å². The molecule has 3 unspecified atom stereocenters. The summed E-state index contributed by atoms with van der Waals surface area (Å²) in [5.74, 6) is -0.301. The highest BCUT2D eigenvalue weighted by Crippen LogP contribution is 2.57. The molecule has 5 aliphatic heterocycles. The molecular weight excluding hydrogens is 654 g/mol. The average Bonchev–Trinajstić information content (AvgIpc) is 3.70. The third-order valence-electron chi connectivity index (χ3n) is 13.2. The molecule has 6 aliphatic rings. The first-order valence-electron chi connectivity index (χ1n) is 18.7. The number of halogens is 2. The lowest BCUT2D eigenvalue weighted by Gasteiger charge is -2.41. The Morgan fingerprint density at radius 1 is 1.14 bits per heavy atom. The van der Waals surface area contributed by atoms with Gasteiger partial charge >= 0.3 is 6.01 Å². The van der Waals surface area contributed by atoms with Gasteiger partial charge in [0.05, 0.1) is 17.7 Å². The highest BCUT2D eigenvalue weighted by Gasteiger charge is 2.60. The summed E-state index contributed by atoms with van der Waals surface area (Å²) in [6.45, 7) is 3.03. The molecule has 12 heteroatoms. The normalized spacial score (nSPS) is 29.0. The molecule has 0 amide bonds. The SMILES string of the molecule is COCCc1cccc2cc(O)cc(-c3c(F)c4nc(OC[C@]56C[C@@H](F)CN5CC5(CCC5)C6)nc5c4n(c3=O)CCC3C4CCC(CN53)N4)c12. The second-order valence-corrected chi connectivity index (χ2v) is 16.2. The summed E-state index contributed by atoms with van der Waals surface area (Å²) >= 11 is 0. The molecule has 2 N–H and O–H groups in total. The Labute approximate surface area is 294 Å². The Hall–Kier alpha value is -3.87. The number of ether oxygens (including phenoxy) is 2. The van der Waals surface area contributed by atoms with Crippen LogP contribution in [-0.4, -0.2) is 94.3 Å². The molecule has 5 fully saturated rings. The van der Waals surface area contributed by atoms with Gasteiger partial charge in [0.15, 0.2) is 11.6 Å². The van der Waals surface area contributed by atoms with Crippen LogP contribution in [0.5, 0.6) is 11.8 Å². The fourth-order valence-corrected chi connectivity index (χ4v) is 10.9. The predicted molar refractivity (Wildman–Crippen MR) is 190 cm³/mol. The standard InChI is InChI=1S/C39H44F2N6O4/c1-50-13-9-22-4-2-5-23-14-26(48)15-27(30(22)23)31-32(41)33-34-35(47-18-25-6-7-28(42-25)29(47)8-12-46(34)36(31)49)44-37(43-33)51-21-39-16-24(40)17-45(39)20-38(19-39)10-3-11-38/h2,4-5,14-15,24-25,28-29,42,48H,3,6-13,16-21H2,1H3/t24-,25?,28?,29?,39-/m1/s1. The maximum absolute atomic E-state index is 17.5. The van der Waals surface area contributed by atoms with Crippen LogP contribution in [0.1, 0.15) is 56.9 Å². The van der Waals surface area contributed by atoms with E-state index in [1.54, 1.807) is 17.7 Å². The Morgan fingerprint density at radius 3 is 2.84 bits per heavy atom. The number of aromatic hydroxyl groups is 1. The van der Waals surface area contributed by atoms with Crippen LogP contribution in [0.2, 0.25) is 0 Å². The van der Waals surface area contributed by atoms with Gasteiger partial charge in [-0.05, 0) is 78.8 Å². The smallest absolute Gasteiger partial charge is 0.319 e.